The van der Waals surface area contributed by atoms with Gasteiger partial charge < -0.3 is 16.6 Å². The quantitative estimate of drug-likeness (QED) is 0.471. The van der Waals surface area contributed by atoms with Crippen LogP contribution in [0.5, 0.6) is 0 Å². The van der Waals surface area contributed by atoms with E-state index in [1.165, 1.54) is 6.07 Å². The van der Waals surface area contributed by atoms with Crippen LogP contribution >= 0.6 is 11.6 Å². The smallest absolute Gasteiger partial charge is 0.320 e. The fourth-order valence-corrected chi connectivity index (χ4v) is 3.76. The topological polar surface area (TPSA) is 120 Å². The fraction of sp³-hybridized carbons (Fsp3) is 0.292. The molecular formula is C24H27ClFN5O2. The third kappa shape index (κ3) is 5.84. The second-order valence-corrected chi connectivity index (χ2v) is 8.10. The lowest BCUT2D eigenvalue weighted by Gasteiger charge is -2.14. The third-order valence-corrected chi connectivity index (χ3v) is 5.52. The van der Waals surface area contributed by atoms with Crippen LogP contribution in [0, 0.1) is 12.7 Å². The summed E-state index contributed by atoms with van der Waals surface area (Å²) in [4.78, 5) is 19.1. The highest BCUT2D eigenvalue weighted by Crippen LogP contribution is 2.29. The zero-order valence-corrected chi connectivity index (χ0v) is 19.1. The predicted octanol–water partition coefficient (Wildman–Crippen LogP) is 3.85. The van der Waals surface area contributed by atoms with E-state index in [2.05, 4.69) is 9.98 Å². The van der Waals surface area contributed by atoms with E-state index in [0.29, 0.717) is 35.8 Å². The molecule has 0 radical (unpaired) electrons. The first-order chi connectivity index (χ1) is 15.8. The van der Waals surface area contributed by atoms with Crippen molar-refractivity contribution in [3.63, 3.8) is 0 Å². The van der Waals surface area contributed by atoms with Gasteiger partial charge in [0.2, 0.25) is 0 Å². The molecule has 0 unspecified atom stereocenters. The molecule has 0 bridgehead atoms. The van der Waals surface area contributed by atoms with Crippen molar-refractivity contribution in [2.45, 2.75) is 38.8 Å². The number of aliphatic imine (C=N–C) groups is 1. The van der Waals surface area contributed by atoms with Gasteiger partial charge in [-0.1, -0.05) is 30.2 Å². The zero-order valence-electron chi connectivity index (χ0n) is 18.3. The van der Waals surface area contributed by atoms with Crippen LogP contribution < -0.4 is 11.5 Å². The van der Waals surface area contributed by atoms with Crippen LogP contribution in [0.4, 0.5) is 4.39 Å². The Kier molecular flexibility index (Phi) is 8.32. The lowest BCUT2D eigenvalue weighted by molar-refractivity contribution is -0.138. The molecule has 2 heterocycles. The summed E-state index contributed by atoms with van der Waals surface area (Å²) in [5, 5.41) is 8.92. The number of nitrogens with two attached hydrogens (primary N) is 2. The summed E-state index contributed by atoms with van der Waals surface area (Å²) in [6.07, 6.45) is 3.97. The Morgan fingerprint density at radius 2 is 2.00 bits per heavy atom. The van der Waals surface area contributed by atoms with Crippen molar-refractivity contribution in [1.82, 2.24) is 9.55 Å². The van der Waals surface area contributed by atoms with Crippen molar-refractivity contribution < 1.29 is 14.3 Å². The number of carboxylic acid groups (broad SMARTS) is 1. The number of halogens is 2. The summed E-state index contributed by atoms with van der Waals surface area (Å²) >= 11 is 6.19. The molecule has 9 heteroatoms. The molecule has 7 nitrogen and oxygen atoms in total. The number of aliphatic carboxylic acids is 1. The summed E-state index contributed by atoms with van der Waals surface area (Å²) < 4.78 is 16.3. The molecule has 4 rings (SSSR count). The molecular weight excluding hydrogens is 445 g/mol. The molecule has 2 aromatic carbocycles. The molecule has 1 atom stereocenters. The highest BCUT2D eigenvalue weighted by atomic mass is 35.5. The van der Waals surface area contributed by atoms with Gasteiger partial charge in [0.1, 0.15) is 17.7 Å². The maximum Gasteiger partial charge on any atom is 0.320 e. The van der Waals surface area contributed by atoms with Gasteiger partial charge in [-0.05, 0) is 56.6 Å². The largest absolute Gasteiger partial charge is 0.480 e. The maximum absolute atomic E-state index is 14.3. The van der Waals surface area contributed by atoms with Crippen molar-refractivity contribution in [3.05, 3.63) is 82.1 Å². The first-order valence-electron chi connectivity index (χ1n) is 10.6. The number of carbonyl (C=O) groups is 1. The molecule has 5 N–H and O–H groups in total. The molecule has 1 aliphatic heterocycles. The van der Waals surface area contributed by atoms with Gasteiger partial charge in [0.15, 0.2) is 0 Å². The zero-order chi connectivity index (χ0) is 24.0. The van der Waals surface area contributed by atoms with Crippen molar-refractivity contribution in [1.29, 1.82) is 0 Å². The SMILES string of the molecule is Cc1ncc2n1-c1ccc(Cl)cc1C(c1ccccc1F)=NC2.NCCCC[C@H](N)C(=O)O. The third-order valence-electron chi connectivity index (χ3n) is 5.28. The van der Waals surface area contributed by atoms with Crippen LogP contribution in [0.25, 0.3) is 5.69 Å². The molecule has 1 aromatic heterocycles. The molecule has 1 aliphatic rings. The normalized spacial score (nSPS) is 13.1. The average molecular weight is 472 g/mol. The van der Waals surface area contributed by atoms with Gasteiger partial charge in [-0.3, -0.25) is 14.4 Å². The van der Waals surface area contributed by atoms with E-state index in [1.54, 1.807) is 12.1 Å². The Balaban J connectivity index is 0.000000262. The minimum Gasteiger partial charge on any atom is -0.480 e. The monoisotopic (exact) mass is 471 g/mol. The molecule has 0 fully saturated rings. The van der Waals surface area contributed by atoms with Gasteiger partial charge in [0.05, 0.1) is 29.8 Å². The van der Waals surface area contributed by atoms with Crippen molar-refractivity contribution in [3.8, 4) is 5.69 Å². The van der Waals surface area contributed by atoms with E-state index >= 15 is 0 Å². The van der Waals surface area contributed by atoms with Crippen LogP contribution in [0.2, 0.25) is 5.02 Å². The number of aromatic nitrogens is 2. The first kappa shape index (κ1) is 24.6. The van der Waals surface area contributed by atoms with Crippen LogP contribution in [0.3, 0.4) is 0 Å². The molecule has 33 heavy (non-hydrogen) atoms. The number of aryl methyl sites for hydroxylation is 1. The van der Waals surface area contributed by atoms with Crippen LogP contribution in [0.1, 0.15) is 41.9 Å². The van der Waals surface area contributed by atoms with E-state index in [0.717, 1.165) is 35.6 Å². The lowest BCUT2D eigenvalue weighted by Crippen LogP contribution is -2.29. The summed E-state index contributed by atoms with van der Waals surface area (Å²) in [6, 6.07) is 11.5. The predicted molar refractivity (Wildman–Crippen MR) is 128 cm³/mol. The molecule has 0 spiro atoms. The number of hydrogen-bond donors (Lipinski definition) is 3. The van der Waals surface area contributed by atoms with Gasteiger partial charge in [0, 0.05) is 16.1 Å². The first-order valence-corrected chi connectivity index (χ1v) is 11.0. The minimum atomic E-state index is -0.933. The molecule has 0 saturated carbocycles. The molecule has 174 valence electrons. The van der Waals surface area contributed by atoms with Crippen molar-refractivity contribution >= 4 is 23.3 Å². The summed E-state index contributed by atoms with van der Waals surface area (Å²) in [5.41, 5.74) is 14.2. The summed E-state index contributed by atoms with van der Waals surface area (Å²) in [7, 11) is 0. The van der Waals surface area contributed by atoms with Gasteiger partial charge in [-0.2, -0.15) is 0 Å². The highest BCUT2D eigenvalue weighted by Gasteiger charge is 2.22. The number of nitrogens with zero attached hydrogens (tertiary/aromatic N) is 3. The Morgan fingerprint density at radius 3 is 2.70 bits per heavy atom. The number of carboxylic acids is 1. The van der Waals surface area contributed by atoms with E-state index in [1.807, 2.05) is 42.0 Å². The molecule has 3 aromatic rings. The van der Waals surface area contributed by atoms with Crippen LogP contribution in [-0.2, 0) is 11.3 Å². The minimum absolute atomic E-state index is 0.293. The van der Waals surface area contributed by atoms with Gasteiger partial charge in [-0.15, -0.1) is 0 Å². The van der Waals surface area contributed by atoms with E-state index in [-0.39, 0.29) is 5.82 Å². The summed E-state index contributed by atoms with van der Waals surface area (Å²) in [5.74, 6) is -0.357. The fourth-order valence-electron chi connectivity index (χ4n) is 3.59. The number of benzene rings is 2. The van der Waals surface area contributed by atoms with Gasteiger partial charge in [-0.25, -0.2) is 9.37 Å². The number of imidazole rings is 1. The molecule has 0 saturated heterocycles. The van der Waals surface area contributed by atoms with Crippen LogP contribution in [-0.4, -0.2) is 38.9 Å². The van der Waals surface area contributed by atoms with Crippen molar-refractivity contribution in [2.75, 3.05) is 6.54 Å². The Hall–Kier alpha value is -3.07. The standard InChI is InChI=1S/C18H13ClFN3.C6H14N2O2/c1-11-21-9-13-10-22-18(14-4-2-3-5-16(14)20)15-8-12(19)6-7-17(15)23(11)13;7-4-2-1-3-5(8)6(9)10/h2-9H,10H2,1H3;5H,1-4,7-8H2,(H,9,10)/t;5-/m.0/s1. The van der Waals surface area contributed by atoms with Gasteiger partial charge >= 0.3 is 5.97 Å². The van der Waals surface area contributed by atoms with Gasteiger partial charge in [0.25, 0.3) is 0 Å². The Labute approximate surface area is 196 Å². The van der Waals surface area contributed by atoms with Crippen molar-refractivity contribution in [2.24, 2.45) is 16.5 Å². The Morgan fingerprint density at radius 1 is 1.24 bits per heavy atom. The summed E-state index contributed by atoms with van der Waals surface area (Å²) in [6.45, 7) is 2.99. The average Bonchev–Trinajstić information content (AvgIpc) is 3.07. The number of rotatable bonds is 6. The molecule has 0 amide bonds. The number of hydrogen-bond acceptors (Lipinski definition) is 5. The van der Waals surface area contributed by atoms with E-state index in [4.69, 9.17) is 28.2 Å². The second kappa shape index (κ2) is 11.2. The lowest BCUT2D eigenvalue weighted by atomic mass is 10.00. The van der Waals surface area contributed by atoms with E-state index in [9.17, 15) is 9.18 Å². The second-order valence-electron chi connectivity index (χ2n) is 7.67. The molecule has 0 aliphatic carbocycles. The maximum atomic E-state index is 14.3. The van der Waals surface area contributed by atoms with Crippen LogP contribution in [0.15, 0.2) is 53.7 Å². The van der Waals surface area contributed by atoms with E-state index < -0.39 is 12.0 Å². The number of fused-ring (bicyclic) bond motifs is 3. The Bertz CT molecular complexity index is 1160. The highest BCUT2D eigenvalue weighted by molar-refractivity contribution is 6.31. The number of unbranched alkanes of at least 4 members (excludes halogenated alkanes) is 1.